The van der Waals surface area contributed by atoms with E-state index >= 15 is 0 Å². The quantitative estimate of drug-likeness (QED) is 0.749. The first-order valence-corrected chi connectivity index (χ1v) is 8.45. The number of amides is 1. The fraction of sp³-hybridized carbons (Fsp3) is 0.611. The van der Waals surface area contributed by atoms with Crippen molar-refractivity contribution in [1.29, 1.82) is 0 Å². The summed E-state index contributed by atoms with van der Waals surface area (Å²) in [4.78, 5) is 16.7. The molecule has 6 nitrogen and oxygen atoms in total. The summed E-state index contributed by atoms with van der Waals surface area (Å²) in [5.74, 6) is 1.97. The molecule has 150 valence electrons. The molecular weight excluding hydrogens is 377 g/mol. The molecule has 0 aromatic heterocycles. The van der Waals surface area contributed by atoms with Crippen molar-refractivity contribution in [2.75, 3.05) is 54.0 Å². The standard InChI is InChI=1S/C18H29N3O3.2ClH/c1-14(12-19-2)18(22)21-9-7-20(8-10-21)13-15-11-16(23-3)5-6-17(15)24-4;;/h5-6,11,14,19H,7-10,12-13H2,1-4H3;2*1H. The van der Waals surface area contributed by atoms with Gasteiger partial charge in [0.25, 0.3) is 0 Å². The van der Waals surface area contributed by atoms with Crippen LogP contribution in [0.4, 0.5) is 0 Å². The van der Waals surface area contributed by atoms with Gasteiger partial charge in [0.2, 0.25) is 5.91 Å². The van der Waals surface area contributed by atoms with Gasteiger partial charge in [-0.15, -0.1) is 24.8 Å². The predicted octanol–water partition coefficient (Wildman–Crippen LogP) is 2.05. The van der Waals surface area contributed by atoms with Crippen molar-refractivity contribution in [2.24, 2.45) is 5.92 Å². The van der Waals surface area contributed by atoms with Crippen LogP contribution < -0.4 is 14.8 Å². The van der Waals surface area contributed by atoms with Crippen molar-refractivity contribution in [2.45, 2.75) is 13.5 Å². The lowest BCUT2D eigenvalue weighted by atomic mass is 10.1. The molecule has 1 heterocycles. The van der Waals surface area contributed by atoms with E-state index in [9.17, 15) is 4.79 Å². The highest BCUT2D eigenvalue weighted by molar-refractivity contribution is 5.85. The minimum atomic E-state index is 0. The molecule has 0 spiro atoms. The normalized spacial score (nSPS) is 15.5. The number of nitrogens with zero attached hydrogens (tertiary/aromatic N) is 2. The molecule has 1 atom stereocenters. The van der Waals surface area contributed by atoms with Crippen LogP contribution >= 0.6 is 24.8 Å². The van der Waals surface area contributed by atoms with E-state index in [1.165, 1.54) is 0 Å². The van der Waals surface area contributed by atoms with Gasteiger partial charge in [-0.2, -0.15) is 0 Å². The maximum Gasteiger partial charge on any atom is 0.226 e. The molecule has 1 aliphatic heterocycles. The van der Waals surface area contributed by atoms with E-state index in [0.29, 0.717) is 0 Å². The van der Waals surface area contributed by atoms with E-state index in [4.69, 9.17) is 9.47 Å². The maximum absolute atomic E-state index is 12.4. The predicted molar refractivity (Wildman–Crippen MR) is 109 cm³/mol. The van der Waals surface area contributed by atoms with E-state index in [1.807, 2.05) is 37.1 Å². The van der Waals surface area contributed by atoms with Crippen LogP contribution in [0.2, 0.25) is 0 Å². The molecule has 0 aliphatic carbocycles. The summed E-state index contributed by atoms with van der Waals surface area (Å²) in [5, 5.41) is 3.07. The van der Waals surface area contributed by atoms with Crippen molar-refractivity contribution in [3.05, 3.63) is 23.8 Å². The van der Waals surface area contributed by atoms with Crippen LogP contribution in [0.3, 0.4) is 0 Å². The summed E-state index contributed by atoms with van der Waals surface area (Å²) in [5.41, 5.74) is 1.11. The maximum atomic E-state index is 12.4. The molecule has 0 radical (unpaired) electrons. The number of methoxy groups -OCH3 is 2. The Morgan fingerprint density at radius 1 is 1.15 bits per heavy atom. The number of piperazine rings is 1. The van der Waals surface area contributed by atoms with Crippen molar-refractivity contribution in [3.8, 4) is 11.5 Å². The van der Waals surface area contributed by atoms with Gasteiger partial charge in [-0.1, -0.05) is 6.92 Å². The third kappa shape index (κ3) is 6.50. The Hall–Kier alpha value is -1.21. The highest BCUT2D eigenvalue weighted by Gasteiger charge is 2.25. The molecule has 1 fully saturated rings. The monoisotopic (exact) mass is 407 g/mol. The summed E-state index contributed by atoms with van der Waals surface area (Å²) in [7, 11) is 5.23. The largest absolute Gasteiger partial charge is 0.497 e. The van der Waals surface area contributed by atoms with Crippen LogP contribution in [0.1, 0.15) is 12.5 Å². The molecule has 1 aliphatic rings. The first-order chi connectivity index (χ1) is 11.6. The van der Waals surface area contributed by atoms with Crippen molar-refractivity contribution >= 4 is 30.7 Å². The lowest BCUT2D eigenvalue weighted by Gasteiger charge is -2.36. The topological polar surface area (TPSA) is 54.0 Å². The zero-order valence-electron chi connectivity index (χ0n) is 16.0. The molecule has 1 aromatic rings. The summed E-state index contributed by atoms with van der Waals surface area (Å²) >= 11 is 0. The van der Waals surface area contributed by atoms with E-state index in [-0.39, 0.29) is 36.6 Å². The Morgan fingerprint density at radius 2 is 1.81 bits per heavy atom. The molecular formula is C18H31Cl2N3O3. The lowest BCUT2D eigenvalue weighted by Crippen LogP contribution is -2.50. The number of hydrogen-bond donors (Lipinski definition) is 1. The lowest BCUT2D eigenvalue weighted by molar-refractivity contribution is -0.136. The smallest absolute Gasteiger partial charge is 0.226 e. The van der Waals surface area contributed by atoms with Gasteiger partial charge in [-0.25, -0.2) is 0 Å². The number of halogens is 2. The Kier molecular flexibility index (Phi) is 11.7. The minimum Gasteiger partial charge on any atom is -0.497 e. The van der Waals surface area contributed by atoms with Gasteiger partial charge in [-0.05, 0) is 25.2 Å². The fourth-order valence-corrected chi connectivity index (χ4v) is 3.08. The Balaban J connectivity index is 0.00000312. The van der Waals surface area contributed by atoms with Crippen molar-refractivity contribution in [3.63, 3.8) is 0 Å². The number of carbonyl (C=O) groups excluding carboxylic acids is 1. The fourth-order valence-electron chi connectivity index (χ4n) is 3.08. The SMILES string of the molecule is CNCC(C)C(=O)N1CCN(Cc2cc(OC)ccc2OC)CC1.Cl.Cl. The van der Waals surface area contributed by atoms with Gasteiger partial charge in [-0.3, -0.25) is 9.69 Å². The van der Waals surface area contributed by atoms with Crippen molar-refractivity contribution in [1.82, 2.24) is 15.1 Å². The van der Waals surface area contributed by atoms with Gasteiger partial charge in [0.05, 0.1) is 14.2 Å². The molecule has 1 saturated heterocycles. The molecule has 26 heavy (non-hydrogen) atoms. The zero-order chi connectivity index (χ0) is 17.5. The van der Waals surface area contributed by atoms with Crippen LogP contribution in [-0.4, -0.2) is 69.7 Å². The average Bonchev–Trinajstić information content (AvgIpc) is 2.62. The van der Waals surface area contributed by atoms with Gasteiger partial charge >= 0.3 is 0 Å². The molecule has 1 N–H and O–H groups in total. The summed E-state index contributed by atoms with van der Waals surface area (Å²) < 4.78 is 10.8. The average molecular weight is 408 g/mol. The number of rotatable bonds is 7. The van der Waals surface area contributed by atoms with E-state index in [2.05, 4.69) is 10.2 Å². The number of hydrogen-bond acceptors (Lipinski definition) is 5. The first kappa shape index (κ1) is 24.8. The second-order valence-corrected chi connectivity index (χ2v) is 6.24. The number of benzene rings is 1. The second-order valence-electron chi connectivity index (χ2n) is 6.24. The Bertz CT molecular complexity index is 552. The first-order valence-electron chi connectivity index (χ1n) is 8.45. The van der Waals surface area contributed by atoms with Crippen LogP contribution in [0.25, 0.3) is 0 Å². The minimum absolute atomic E-state index is 0. The molecule has 0 saturated carbocycles. The van der Waals surface area contributed by atoms with Gasteiger partial charge in [0.1, 0.15) is 11.5 Å². The molecule has 0 bridgehead atoms. The van der Waals surface area contributed by atoms with Crippen LogP contribution in [-0.2, 0) is 11.3 Å². The Morgan fingerprint density at radius 3 is 2.35 bits per heavy atom. The molecule has 2 rings (SSSR count). The second kappa shape index (κ2) is 12.2. The molecule has 1 aromatic carbocycles. The Labute approximate surface area is 169 Å². The third-order valence-corrected chi connectivity index (χ3v) is 4.50. The highest BCUT2D eigenvalue weighted by atomic mass is 35.5. The van der Waals surface area contributed by atoms with E-state index in [1.54, 1.807) is 14.2 Å². The number of ether oxygens (including phenoxy) is 2. The van der Waals surface area contributed by atoms with E-state index < -0.39 is 0 Å². The van der Waals surface area contributed by atoms with Crippen LogP contribution in [0.5, 0.6) is 11.5 Å². The summed E-state index contributed by atoms with van der Waals surface area (Å²) in [6.07, 6.45) is 0. The van der Waals surface area contributed by atoms with Gasteiger partial charge < -0.3 is 19.7 Å². The zero-order valence-corrected chi connectivity index (χ0v) is 17.6. The molecule has 8 heteroatoms. The summed E-state index contributed by atoms with van der Waals surface area (Å²) in [6.45, 7) is 6.80. The van der Waals surface area contributed by atoms with Crippen LogP contribution in [0.15, 0.2) is 18.2 Å². The number of carbonyl (C=O) groups is 1. The van der Waals surface area contributed by atoms with E-state index in [0.717, 1.165) is 56.3 Å². The van der Waals surface area contributed by atoms with Crippen molar-refractivity contribution < 1.29 is 14.3 Å². The van der Waals surface area contributed by atoms with Gasteiger partial charge in [0.15, 0.2) is 0 Å². The van der Waals surface area contributed by atoms with Crippen LogP contribution in [0, 0.1) is 5.92 Å². The third-order valence-electron chi connectivity index (χ3n) is 4.50. The number of nitrogens with one attached hydrogen (secondary N) is 1. The highest BCUT2D eigenvalue weighted by Crippen LogP contribution is 2.25. The van der Waals surface area contributed by atoms with Gasteiger partial charge in [0, 0.05) is 50.7 Å². The summed E-state index contributed by atoms with van der Waals surface area (Å²) in [6, 6.07) is 5.86. The molecule has 1 amide bonds. The molecule has 1 unspecified atom stereocenters.